The lowest BCUT2D eigenvalue weighted by atomic mass is 10.0. The Hall–Kier alpha value is -3.41. The van der Waals surface area contributed by atoms with Gasteiger partial charge in [0.25, 0.3) is 5.56 Å². The molecule has 1 unspecified atom stereocenters. The Kier molecular flexibility index (Phi) is 7.07. The molecule has 2 N–H and O–H groups in total. The molecule has 0 radical (unpaired) electrons. The second kappa shape index (κ2) is 9.92. The fourth-order valence-corrected chi connectivity index (χ4v) is 4.75. The van der Waals surface area contributed by atoms with Crippen molar-refractivity contribution in [1.82, 2.24) is 19.4 Å². The minimum Gasteiger partial charge on any atom is -0.469 e. The fourth-order valence-electron chi connectivity index (χ4n) is 4.26. The van der Waals surface area contributed by atoms with E-state index in [0.717, 1.165) is 19.0 Å². The number of nitrogens with zero attached hydrogens (tertiary/aromatic N) is 2. The van der Waals surface area contributed by atoms with Crippen molar-refractivity contribution in [3.8, 4) is 0 Å². The molecule has 2 aromatic carbocycles. The summed E-state index contributed by atoms with van der Waals surface area (Å²) in [7, 11) is 1.25. The molecule has 4 rings (SSSR count). The molecule has 0 fully saturated rings. The average molecular weight is 602 g/mol. The normalized spacial score (nSPS) is 12.6. The zero-order valence-corrected chi connectivity index (χ0v) is 22.6. The van der Waals surface area contributed by atoms with Gasteiger partial charge in [-0.25, -0.2) is 4.79 Å². The van der Waals surface area contributed by atoms with Crippen LogP contribution in [0, 0.1) is 3.57 Å². The number of rotatable bonds is 6. The fraction of sp³-hybridized carbons (Fsp3) is 0.308. The lowest BCUT2D eigenvalue weighted by Gasteiger charge is -2.27. The van der Waals surface area contributed by atoms with E-state index in [0.29, 0.717) is 11.1 Å². The lowest BCUT2D eigenvalue weighted by Crippen LogP contribution is -2.49. The Morgan fingerprint density at radius 1 is 1.11 bits per heavy atom. The van der Waals surface area contributed by atoms with Crippen molar-refractivity contribution >= 4 is 56.3 Å². The van der Waals surface area contributed by atoms with Gasteiger partial charge in [0.15, 0.2) is 0 Å². The molecule has 10 heteroatoms. The number of esters is 1. The van der Waals surface area contributed by atoms with Crippen LogP contribution in [0.5, 0.6) is 0 Å². The number of halogens is 1. The minimum absolute atomic E-state index is 0.160. The standard InChI is InChI=1S/C26H27IN4O5/c1-26(2,3)29-23(33)22(18-14-28-19-8-6-5-7-16(18)19)31-20-10-9-15(27)13-17(20)24(34)30(25(31)35)12-11-21(32)36-4/h5-10,13-14,22,28H,11-12H2,1-4H3,(H,29,33). The van der Waals surface area contributed by atoms with E-state index < -0.39 is 34.7 Å². The van der Waals surface area contributed by atoms with Gasteiger partial charge in [-0.2, -0.15) is 0 Å². The summed E-state index contributed by atoms with van der Waals surface area (Å²) in [5.41, 5.74) is -0.0479. The predicted octanol–water partition coefficient (Wildman–Crippen LogP) is 3.32. The maximum absolute atomic E-state index is 13.9. The van der Waals surface area contributed by atoms with Gasteiger partial charge in [-0.1, -0.05) is 18.2 Å². The number of methoxy groups -OCH3 is 1. The van der Waals surface area contributed by atoms with Crippen molar-refractivity contribution < 1.29 is 14.3 Å². The quantitative estimate of drug-likeness (QED) is 0.260. The van der Waals surface area contributed by atoms with E-state index in [1.165, 1.54) is 11.7 Å². The first-order valence-electron chi connectivity index (χ1n) is 11.4. The molecule has 1 amide bonds. The van der Waals surface area contributed by atoms with E-state index in [-0.39, 0.29) is 18.4 Å². The summed E-state index contributed by atoms with van der Waals surface area (Å²) in [5.74, 6) is -0.943. The molecule has 188 valence electrons. The molecule has 0 saturated heterocycles. The van der Waals surface area contributed by atoms with E-state index in [9.17, 15) is 19.2 Å². The summed E-state index contributed by atoms with van der Waals surface area (Å²) in [4.78, 5) is 56.1. The van der Waals surface area contributed by atoms with Crippen molar-refractivity contribution in [2.24, 2.45) is 0 Å². The SMILES string of the molecule is COC(=O)CCn1c(=O)c2cc(I)ccc2n(C(C(=O)NC(C)(C)C)c2c[nH]c3ccccc23)c1=O. The first-order valence-corrected chi connectivity index (χ1v) is 12.5. The summed E-state index contributed by atoms with van der Waals surface area (Å²) >= 11 is 2.09. The van der Waals surface area contributed by atoms with Gasteiger partial charge in [0.2, 0.25) is 5.91 Å². The molecule has 1 atom stereocenters. The number of para-hydroxylation sites is 1. The first-order chi connectivity index (χ1) is 17.0. The molecular weight excluding hydrogens is 575 g/mol. The molecule has 0 saturated carbocycles. The van der Waals surface area contributed by atoms with E-state index in [2.05, 4.69) is 32.9 Å². The van der Waals surface area contributed by atoms with Gasteiger partial charge in [-0.15, -0.1) is 0 Å². The highest BCUT2D eigenvalue weighted by Crippen LogP contribution is 2.29. The number of hydrogen-bond acceptors (Lipinski definition) is 5. The Morgan fingerprint density at radius 3 is 2.53 bits per heavy atom. The highest BCUT2D eigenvalue weighted by molar-refractivity contribution is 14.1. The number of ether oxygens (including phenoxy) is 1. The number of aromatic amines is 1. The molecule has 2 heterocycles. The molecule has 0 aliphatic heterocycles. The third-order valence-corrected chi connectivity index (χ3v) is 6.49. The Bertz CT molecular complexity index is 1590. The topological polar surface area (TPSA) is 115 Å². The summed E-state index contributed by atoms with van der Waals surface area (Å²) < 4.78 is 7.85. The van der Waals surface area contributed by atoms with Crippen LogP contribution < -0.4 is 16.6 Å². The average Bonchev–Trinajstić information content (AvgIpc) is 3.24. The third-order valence-electron chi connectivity index (χ3n) is 5.82. The van der Waals surface area contributed by atoms with E-state index in [1.807, 2.05) is 45.0 Å². The van der Waals surface area contributed by atoms with Crippen molar-refractivity contribution in [3.63, 3.8) is 0 Å². The molecule has 2 aromatic heterocycles. The number of carbonyl (C=O) groups is 2. The number of amides is 1. The van der Waals surface area contributed by atoms with Crippen LogP contribution in [0.15, 0.2) is 58.3 Å². The summed E-state index contributed by atoms with van der Waals surface area (Å²) in [6, 6.07) is 11.6. The van der Waals surface area contributed by atoms with Crippen LogP contribution in [0.1, 0.15) is 38.8 Å². The molecule has 0 spiro atoms. The van der Waals surface area contributed by atoms with Crippen molar-refractivity contribution in [3.05, 3.63) is 78.6 Å². The molecule has 4 aromatic rings. The van der Waals surface area contributed by atoms with Crippen molar-refractivity contribution in [2.45, 2.75) is 45.3 Å². The first kappa shape index (κ1) is 25.7. The molecule has 0 bridgehead atoms. The number of aromatic nitrogens is 3. The molecule has 9 nitrogen and oxygen atoms in total. The number of hydrogen-bond donors (Lipinski definition) is 2. The lowest BCUT2D eigenvalue weighted by molar-refractivity contribution is -0.140. The van der Waals surface area contributed by atoms with Gasteiger partial charge < -0.3 is 15.0 Å². The van der Waals surface area contributed by atoms with Gasteiger partial charge in [0.1, 0.15) is 6.04 Å². The molecular formula is C26H27IN4O5. The van der Waals surface area contributed by atoms with Gasteiger partial charge in [0, 0.05) is 38.3 Å². The van der Waals surface area contributed by atoms with Crippen LogP contribution in [0.3, 0.4) is 0 Å². The van der Waals surface area contributed by atoms with Crippen LogP contribution >= 0.6 is 22.6 Å². The number of H-pyrrole nitrogens is 1. The maximum Gasteiger partial charge on any atom is 0.332 e. The number of carbonyl (C=O) groups excluding carboxylic acids is 2. The van der Waals surface area contributed by atoms with Crippen LogP contribution in [0.25, 0.3) is 21.8 Å². The van der Waals surface area contributed by atoms with E-state index in [4.69, 9.17) is 4.74 Å². The molecule has 36 heavy (non-hydrogen) atoms. The van der Waals surface area contributed by atoms with Crippen LogP contribution in [0.2, 0.25) is 0 Å². The highest BCUT2D eigenvalue weighted by Gasteiger charge is 2.31. The van der Waals surface area contributed by atoms with Gasteiger partial charge in [-0.3, -0.25) is 23.5 Å². The van der Waals surface area contributed by atoms with Crippen LogP contribution in [0.4, 0.5) is 0 Å². The van der Waals surface area contributed by atoms with Crippen molar-refractivity contribution in [1.29, 1.82) is 0 Å². The summed E-state index contributed by atoms with van der Waals surface area (Å²) in [5, 5.41) is 4.05. The second-order valence-corrected chi connectivity index (χ2v) is 10.8. The van der Waals surface area contributed by atoms with Gasteiger partial charge in [-0.05, 0) is 67.6 Å². The Labute approximate surface area is 220 Å². The maximum atomic E-state index is 13.9. The number of nitrogens with one attached hydrogen (secondary N) is 2. The van der Waals surface area contributed by atoms with Gasteiger partial charge >= 0.3 is 11.7 Å². The molecule has 0 aliphatic carbocycles. The summed E-state index contributed by atoms with van der Waals surface area (Å²) in [6.45, 7) is 5.40. The number of fused-ring (bicyclic) bond motifs is 2. The number of benzene rings is 2. The molecule has 0 aliphatic rings. The highest BCUT2D eigenvalue weighted by atomic mass is 127. The smallest absolute Gasteiger partial charge is 0.332 e. The third kappa shape index (κ3) is 4.95. The van der Waals surface area contributed by atoms with Crippen molar-refractivity contribution in [2.75, 3.05) is 7.11 Å². The Morgan fingerprint density at radius 2 is 1.83 bits per heavy atom. The predicted molar refractivity (Wildman–Crippen MR) is 146 cm³/mol. The van der Waals surface area contributed by atoms with Gasteiger partial charge in [0.05, 0.1) is 24.4 Å². The second-order valence-electron chi connectivity index (χ2n) is 9.53. The zero-order chi connectivity index (χ0) is 26.2. The van der Waals surface area contributed by atoms with Crippen LogP contribution in [-0.2, 0) is 20.9 Å². The van der Waals surface area contributed by atoms with Crippen LogP contribution in [-0.4, -0.2) is 38.6 Å². The summed E-state index contributed by atoms with van der Waals surface area (Å²) in [6.07, 6.45) is 1.56. The monoisotopic (exact) mass is 602 g/mol. The van der Waals surface area contributed by atoms with E-state index >= 15 is 0 Å². The minimum atomic E-state index is -1.08. The largest absolute Gasteiger partial charge is 0.469 e. The Balaban J connectivity index is 2.06. The zero-order valence-electron chi connectivity index (χ0n) is 20.4. The van der Waals surface area contributed by atoms with E-state index in [1.54, 1.807) is 24.4 Å².